The summed E-state index contributed by atoms with van der Waals surface area (Å²) < 4.78 is 0. The largest absolute Gasteiger partial charge is 0.0885 e. The molecular weight excluding hydrogens is 256 g/mol. The molecule has 1 rings (SSSR count). The van der Waals surface area contributed by atoms with Gasteiger partial charge >= 0.3 is 0 Å². The molecule has 2 atom stereocenters. The van der Waals surface area contributed by atoms with Gasteiger partial charge in [0.15, 0.2) is 0 Å². The molecule has 0 spiro atoms. The molecule has 1 aliphatic carbocycles. The fourth-order valence-electron chi connectivity index (χ4n) is 1.11. The lowest BCUT2D eigenvalue weighted by molar-refractivity contribution is 0.684. The van der Waals surface area contributed by atoms with E-state index in [1.807, 2.05) is 0 Å². The second kappa shape index (κ2) is 4.55. The number of alkyl halides is 2. The van der Waals surface area contributed by atoms with E-state index in [0.717, 1.165) is 0 Å². The summed E-state index contributed by atoms with van der Waals surface area (Å²) in [5, 5.41) is 0. The van der Waals surface area contributed by atoms with E-state index in [1.165, 1.54) is 25.7 Å². The third kappa shape index (κ3) is 2.75. The molecule has 0 aromatic carbocycles. The maximum absolute atomic E-state index is 3.66. The Morgan fingerprint density at radius 3 is 1.70 bits per heavy atom. The first kappa shape index (κ1) is 8.79. The van der Waals surface area contributed by atoms with Crippen LogP contribution in [0.2, 0.25) is 0 Å². The lowest BCUT2D eigenvalue weighted by Crippen LogP contribution is -2.14. The van der Waals surface area contributed by atoms with E-state index in [0.29, 0.717) is 9.65 Å². The topological polar surface area (TPSA) is 0 Å². The number of hydrogen-bond acceptors (Lipinski definition) is 0. The molecule has 2 heteroatoms. The highest BCUT2D eigenvalue weighted by atomic mass is 79.9. The van der Waals surface area contributed by atoms with Crippen LogP contribution < -0.4 is 0 Å². The quantitative estimate of drug-likeness (QED) is 0.464. The second-order valence-corrected chi connectivity index (χ2v) is 5.01. The molecule has 0 N–H and O–H groups in total. The molecule has 0 aromatic heterocycles. The Hall–Kier alpha value is 0.700. The number of rotatable bonds is 0. The van der Waals surface area contributed by atoms with Crippen LogP contribution in [0.15, 0.2) is 12.2 Å². The highest BCUT2D eigenvalue weighted by molar-refractivity contribution is 9.12. The summed E-state index contributed by atoms with van der Waals surface area (Å²) in [6.45, 7) is 0. The molecule has 10 heavy (non-hydrogen) atoms. The van der Waals surface area contributed by atoms with Crippen LogP contribution in [0.25, 0.3) is 0 Å². The van der Waals surface area contributed by atoms with Crippen molar-refractivity contribution in [2.24, 2.45) is 0 Å². The van der Waals surface area contributed by atoms with Crippen molar-refractivity contribution in [3.05, 3.63) is 12.2 Å². The molecule has 0 aliphatic heterocycles. The van der Waals surface area contributed by atoms with E-state index in [9.17, 15) is 0 Å². The highest BCUT2D eigenvalue weighted by Gasteiger charge is 2.14. The summed E-state index contributed by atoms with van der Waals surface area (Å²) in [5.74, 6) is 0. The molecular formula is C8H12Br2. The molecule has 0 heterocycles. The monoisotopic (exact) mass is 266 g/mol. The third-order valence-electron chi connectivity index (χ3n) is 1.78. The fraction of sp³-hybridized carbons (Fsp3) is 0.750. The van der Waals surface area contributed by atoms with Gasteiger partial charge in [0.05, 0.1) is 0 Å². The van der Waals surface area contributed by atoms with Crippen LogP contribution in [-0.2, 0) is 0 Å². The van der Waals surface area contributed by atoms with Crippen molar-refractivity contribution in [3.8, 4) is 0 Å². The number of halogens is 2. The molecule has 0 amide bonds. The Morgan fingerprint density at radius 2 is 1.30 bits per heavy atom. The average Bonchev–Trinajstić information content (AvgIpc) is 1.92. The van der Waals surface area contributed by atoms with Gasteiger partial charge in [-0.3, -0.25) is 0 Å². The number of hydrogen-bond donors (Lipinski definition) is 0. The van der Waals surface area contributed by atoms with E-state index < -0.39 is 0 Å². The molecule has 0 radical (unpaired) electrons. The van der Waals surface area contributed by atoms with Gasteiger partial charge in [0.2, 0.25) is 0 Å². The Kier molecular flexibility index (Phi) is 4.00. The Labute approximate surface area is 79.3 Å². The van der Waals surface area contributed by atoms with Gasteiger partial charge < -0.3 is 0 Å². The molecule has 0 bridgehead atoms. The molecule has 0 aromatic rings. The average molecular weight is 268 g/mol. The van der Waals surface area contributed by atoms with Crippen molar-refractivity contribution < 1.29 is 0 Å². The van der Waals surface area contributed by atoms with Crippen LogP contribution >= 0.6 is 31.9 Å². The minimum atomic E-state index is 0.664. The zero-order valence-electron chi connectivity index (χ0n) is 5.89. The van der Waals surface area contributed by atoms with Gasteiger partial charge in [-0.05, 0) is 25.7 Å². The minimum absolute atomic E-state index is 0.664. The van der Waals surface area contributed by atoms with Gasteiger partial charge in [0.1, 0.15) is 0 Å². The predicted molar refractivity (Wildman–Crippen MR) is 53.0 cm³/mol. The van der Waals surface area contributed by atoms with Gasteiger partial charge in [-0.2, -0.15) is 0 Å². The van der Waals surface area contributed by atoms with Crippen molar-refractivity contribution >= 4 is 31.9 Å². The van der Waals surface area contributed by atoms with Gasteiger partial charge in [-0.1, -0.05) is 44.0 Å². The van der Waals surface area contributed by atoms with Gasteiger partial charge in [-0.25, -0.2) is 0 Å². The molecule has 0 saturated heterocycles. The minimum Gasteiger partial charge on any atom is -0.0885 e. The summed E-state index contributed by atoms with van der Waals surface area (Å²) >= 11 is 7.32. The van der Waals surface area contributed by atoms with Crippen molar-refractivity contribution in [1.82, 2.24) is 0 Å². The van der Waals surface area contributed by atoms with Crippen molar-refractivity contribution in [2.45, 2.75) is 35.3 Å². The summed E-state index contributed by atoms with van der Waals surface area (Å²) in [6.07, 6.45) is 9.52. The normalized spacial score (nSPS) is 35.0. The Morgan fingerprint density at radius 1 is 0.900 bits per heavy atom. The maximum atomic E-state index is 3.66. The highest BCUT2D eigenvalue weighted by Crippen LogP contribution is 2.25. The van der Waals surface area contributed by atoms with E-state index in [4.69, 9.17) is 0 Å². The molecule has 0 fully saturated rings. The Bertz CT molecular complexity index is 106. The first-order chi connectivity index (χ1) is 4.80. The molecule has 0 nitrogen and oxygen atoms in total. The standard InChI is InChI=1S/C8H12Br2/c9-7-5-3-1-2-4-6-8(7)10/h1-2,7-8H,3-6H2/t7-,8+. The second-order valence-electron chi connectivity index (χ2n) is 2.66. The van der Waals surface area contributed by atoms with E-state index >= 15 is 0 Å². The first-order valence-electron chi connectivity index (χ1n) is 3.74. The van der Waals surface area contributed by atoms with Crippen LogP contribution in [0.4, 0.5) is 0 Å². The lowest BCUT2D eigenvalue weighted by atomic mass is 10.1. The smallest absolute Gasteiger partial charge is 0.0274 e. The van der Waals surface area contributed by atoms with Crippen molar-refractivity contribution in [2.75, 3.05) is 0 Å². The van der Waals surface area contributed by atoms with Crippen LogP contribution in [0.1, 0.15) is 25.7 Å². The van der Waals surface area contributed by atoms with Crippen LogP contribution in [-0.4, -0.2) is 9.65 Å². The molecule has 0 unspecified atom stereocenters. The first-order valence-corrected chi connectivity index (χ1v) is 5.57. The van der Waals surface area contributed by atoms with Crippen LogP contribution in [0.5, 0.6) is 0 Å². The van der Waals surface area contributed by atoms with E-state index in [2.05, 4.69) is 44.0 Å². The summed E-state index contributed by atoms with van der Waals surface area (Å²) in [4.78, 5) is 1.33. The molecule has 0 saturated carbocycles. The zero-order chi connectivity index (χ0) is 7.40. The van der Waals surface area contributed by atoms with Crippen LogP contribution in [0.3, 0.4) is 0 Å². The summed E-state index contributed by atoms with van der Waals surface area (Å²) in [6, 6.07) is 0. The molecule has 58 valence electrons. The van der Waals surface area contributed by atoms with Gasteiger partial charge in [-0.15, -0.1) is 0 Å². The predicted octanol–water partition coefficient (Wildman–Crippen LogP) is 3.64. The number of allylic oxidation sites excluding steroid dienone is 2. The maximum Gasteiger partial charge on any atom is 0.0274 e. The van der Waals surface area contributed by atoms with E-state index in [-0.39, 0.29) is 0 Å². The third-order valence-corrected chi connectivity index (χ3v) is 4.68. The zero-order valence-corrected chi connectivity index (χ0v) is 9.07. The van der Waals surface area contributed by atoms with Gasteiger partial charge in [0, 0.05) is 9.65 Å². The van der Waals surface area contributed by atoms with Gasteiger partial charge in [0.25, 0.3) is 0 Å². The van der Waals surface area contributed by atoms with Crippen molar-refractivity contribution in [3.63, 3.8) is 0 Å². The fourth-order valence-corrected chi connectivity index (χ4v) is 2.17. The van der Waals surface area contributed by atoms with Crippen LogP contribution in [0, 0.1) is 0 Å². The Balaban J connectivity index is 2.40. The lowest BCUT2D eigenvalue weighted by Gasteiger charge is -2.16. The molecule has 1 aliphatic rings. The SMILES string of the molecule is Br[C@@H]1CCC=CCC[C@@H]1Br. The van der Waals surface area contributed by atoms with E-state index in [1.54, 1.807) is 0 Å². The van der Waals surface area contributed by atoms with Crippen molar-refractivity contribution in [1.29, 1.82) is 0 Å². The summed E-state index contributed by atoms with van der Waals surface area (Å²) in [5.41, 5.74) is 0. The summed E-state index contributed by atoms with van der Waals surface area (Å²) in [7, 11) is 0.